The first-order valence-electron chi connectivity index (χ1n) is 11.7. The molecule has 3 N–H and O–H groups in total. The zero-order valence-corrected chi connectivity index (χ0v) is 19.1. The van der Waals surface area contributed by atoms with E-state index in [0.29, 0.717) is 6.42 Å². The summed E-state index contributed by atoms with van der Waals surface area (Å²) in [5, 5.41) is 14.1. The molecule has 2 heterocycles. The highest BCUT2D eigenvalue weighted by atomic mass is 16.3. The van der Waals surface area contributed by atoms with Gasteiger partial charge in [0.15, 0.2) is 0 Å². The monoisotopic (exact) mass is 413 g/mol. The zero-order valence-electron chi connectivity index (χ0n) is 19.1. The van der Waals surface area contributed by atoms with Gasteiger partial charge in [0.25, 0.3) is 0 Å². The lowest BCUT2D eigenvalue weighted by molar-refractivity contribution is -0.124. The van der Waals surface area contributed by atoms with Crippen LogP contribution in [-0.2, 0) is 17.6 Å². The van der Waals surface area contributed by atoms with Gasteiger partial charge in [0.2, 0.25) is 5.91 Å². The van der Waals surface area contributed by atoms with Gasteiger partial charge in [-0.05, 0) is 42.4 Å². The Hall–Kier alpha value is -2.01. The van der Waals surface area contributed by atoms with Crippen LogP contribution in [-0.4, -0.2) is 41.7 Å². The van der Waals surface area contributed by atoms with Crippen LogP contribution < -0.4 is 10.2 Å². The Balaban J connectivity index is 1.93. The number of anilines is 1. The molecule has 2 aromatic rings. The first-order chi connectivity index (χ1) is 14.5. The average molecular weight is 414 g/mol. The predicted octanol–water partition coefficient (Wildman–Crippen LogP) is 4.56. The maximum absolute atomic E-state index is 13.0. The van der Waals surface area contributed by atoms with Crippen molar-refractivity contribution < 1.29 is 9.90 Å². The van der Waals surface area contributed by atoms with E-state index in [2.05, 4.69) is 54.3 Å². The molecule has 0 unspecified atom stereocenters. The summed E-state index contributed by atoms with van der Waals surface area (Å²) in [7, 11) is 2.02. The van der Waals surface area contributed by atoms with Gasteiger partial charge in [0.05, 0.1) is 18.2 Å². The van der Waals surface area contributed by atoms with Gasteiger partial charge in [-0.1, -0.05) is 58.9 Å². The van der Waals surface area contributed by atoms with Crippen molar-refractivity contribution >= 4 is 22.5 Å². The quantitative estimate of drug-likeness (QED) is 0.528. The first-order valence-corrected chi connectivity index (χ1v) is 11.7. The summed E-state index contributed by atoms with van der Waals surface area (Å²) in [5.74, 6) is 0.151. The number of H-pyrrole nitrogens is 1. The molecule has 1 aromatic carbocycles. The highest BCUT2D eigenvalue weighted by molar-refractivity contribution is 5.99. The van der Waals surface area contributed by atoms with Gasteiger partial charge in [0.1, 0.15) is 6.04 Å². The van der Waals surface area contributed by atoms with Gasteiger partial charge in [-0.15, -0.1) is 0 Å². The van der Waals surface area contributed by atoms with Gasteiger partial charge in [-0.2, -0.15) is 0 Å². The molecule has 0 bridgehead atoms. The van der Waals surface area contributed by atoms with Gasteiger partial charge >= 0.3 is 0 Å². The van der Waals surface area contributed by atoms with Crippen LogP contribution in [0.1, 0.15) is 70.4 Å². The van der Waals surface area contributed by atoms with Crippen molar-refractivity contribution in [3.8, 4) is 0 Å². The lowest BCUT2D eigenvalue weighted by atomic mass is 9.97. The lowest BCUT2D eigenvalue weighted by Gasteiger charge is -2.32. The van der Waals surface area contributed by atoms with E-state index in [1.54, 1.807) is 0 Å². The molecule has 5 nitrogen and oxygen atoms in total. The van der Waals surface area contributed by atoms with Crippen molar-refractivity contribution in [2.24, 2.45) is 5.92 Å². The van der Waals surface area contributed by atoms with Gasteiger partial charge in [-0.3, -0.25) is 4.79 Å². The second-order valence-electron chi connectivity index (χ2n) is 9.22. The molecule has 1 aliphatic heterocycles. The van der Waals surface area contributed by atoms with Gasteiger partial charge < -0.3 is 20.3 Å². The topological polar surface area (TPSA) is 68.4 Å². The van der Waals surface area contributed by atoms with Gasteiger partial charge in [-0.25, -0.2) is 0 Å². The van der Waals surface area contributed by atoms with Crippen LogP contribution in [0.2, 0.25) is 0 Å². The predicted molar refractivity (Wildman–Crippen MR) is 125 cm³/mol. The molecule has 166 valence electrons. The number of aromatic amines is 1. The van der Waals surface area contributed by atoms with Crippen LogP contribution in [0, 0.1) is 5.92 Å². The normalized spacial score (nSPS) is 19.7. The summed E-state index contributed by atoms with van der Waals surface area (Å²) < 4.78 is 0. The Morgan fingerprint density at radius 1 is 1.17 bits per heavy atom. The number of rotatable bonds is 9. The number of nitrogens with zero attached hydrogens (tertiary/aromatic N) is 1. The van der Waals surface area contributed by atoms with Crippen LogP contribution >= 0.6 is 0 Å². The largest absolute Gasteiger partial charge is 0.394 e. The van der Waals surface area contributed by atoms with Crippen molar-refractivity contribution in [3.05, 3.63) is 29.5 Å². The Kier molecular flexibility index (Phi) is 7.81. The Bertz CT molecular complexity index is 842. The minimum absolute atomic E-state index is 0.00927. The van der Waals surface area contributed by atoms with E-state index in [-0.39, 0.29) is 30.5 Å². The summed E-state index contributed by atoms with van der Waals surface area (Å²) in [4.78, 5) is 18.6. The number of hydrogen-bond donors (Lipinski definition) is 3. The van der Waals surface area contributed by atoms with Crippen LogP contribution in [0.4, 0.5) is 5.69 Å². The number of aliphatic hydroxyl groups is 1. The number of unbranched alkanes of at least 4 members (excludes halogenated alkanes) is 5. The van der Waals surface area contributed by atoms with Crippen molar-refractivity contribution in [2.75, 3.05) is 18.6 Å². The van der Waals surface area contributed by atoms with Crippen LogP contribution in [0.3, 0.4) is 0 Å². The van der Waals surface area contributed by atoms with Gasteiger partial charge in [0, 0.05) is 24.3 Å². The third-order valence-corrected chi connectivity index (χ3v) is 6.51. The molecule has 3 rings (SSSR count). The van der Waals surface area contributed by atoms with E-state index in [0.717, 1.165) is 12.1 Å². The number of likely N-dealkylation sites (N-methyl/N-ethyl adjacent to an activating group) is 1. The van der Waals surface area contributed by atoms with Crippen LogP contribution in [0.15, 0.2) is 18.3 Å². The number of aryl methyl sites for hydroxylation is 1. The minimum Gasteiger partial charge on any atom is -0.394 e. The Morgan fingerprint density at radius 2 is 1.90 bits per heavy atom. The molecule has 5 heteroatoms. The molecule has 0 spiro atoms. The molecule has 0 aliphatic carbocycles. The third-order valence-electron chi connectivity index (χ3n) is 6.51. The minimum atomic E-state index is -0.271. The van der Waals surface area contributed by atoms with E-state index >= 15 is 0 Å². The zero-order chi connectivity index (χ0) is 21.7. The number of carbonyl (C=O) groups excluding carboxylic acids is 1. The summed E-state index contributed by atoms with van der Waals surface area (Å²) >= 11 is 0. The summed E-state index contributed by atoms with van der Waals surface area (Å²) in [6, 6.07) is 3.89. The van der Waals surface area contributed by atoms with E-state index in [4.69, 9.17) is 0 Å². The fourth-order valence-corrected chi connectivity index (χ4v) is 4.90. The number of aliphatic hydroxyl groups excluding tert-OH is 1. The first kappa shape index (κ1) is 22.7. The standard InChI is InChI=1S/C25H39N3O2/c1-5-6-7-8-9-10-11-18-12-13-21-22-19(15-26-23(18)22)14-20(16-29)27-25(30)24(17(2)3)28(21)4/h12-13,15,17,20,24,26,29H,5-11,14,16H2,1-4H3,(H,27,30)/t20-,24-/m1/s1. The number of carbonyl (C=O) groups is 1. The number of aromatic nitrogens is 1. The van der Waals surface area contributed by atoms with Crippen molar-refractivity contribution in [2.45, 2.75) is 84.2 Å². The fourth-order valence-electron chi connectivity index (χ4n) is 4.90. The van der Waals surface area contributed by atoms with Crippen molar-refractivity contribution in [1.82, 2.24) is 10.3 Å². The highest BCUT2D eigenvalue weighted by Crippen LogP contribution is 2.35. The maximum atomic E-state index is 13.0. The molecule has 0 radical (unpaired) electrons. The summed E-state index contributed by atoms with van der Waals surface area (Å²) in [6.45, 7) is 6.35. The average Bonchev–Trinajstić information content (AvgIpc) is 3.14. The Labute approximate surface area is 181 Å². The lowest BCUT2D eigenvalue weighted by Crippen LogP contribution is -2.52. The molecule has 2 atom stereocenters. The van der Waals surface area contributed by atoms with E-state index in [1.165, 1.54) is 60.6 Å². The molecule has 30 heavy (non-hydrogen) atoms. The molecular formula is C25H39N3O2. The molecule has 1 aromatic heterocycles. The number of benzene rings is 1. The molecular weight excluding hydrogens is 374 g/mol. The summed E-state index contributed by atoms with van der Waals surface area (Å²) in [5.41, 5.74) is 4.81. The van der Waals surface area contributed by atoms with Crippen molar-refractivity contribution in [1.29, 1.82) is 0 Å². The molecule has 1 aliphatic rings. The third kappa shape index (κ3) is 4.83. The highest BCUT2D eigenvalue weighted by Gasteiger charge is 2.32. The molecule has 0 saturated heterocycles. The smallest absolute Gasteiger partial charge is 0.243 e. The van der Waals surface area contributed by atoms with E-state index in [1.807, 2.05) is 7.05 Å². The number of hydrogen-bond acceptors (Lipinski definition) is 3. The molecule has 0 saturated carbocycles. The van der Waals surface area contributed by atoms with Crippen LogP contribution in [0.25, 0.3) is 10.9 Å². The van der Waals surface area contributed by atoms with Crippen LogP contribution in [0.5, 0.6) is 0 Å². The van der Waals surface area contributed by atoms with E-state index < -0.39 is 0 Å². The molecule has 0 fully saturated rings. The number of nitrogens with one attached hydrogen (secondary N) is 2. The SMILES string of the molecule is CCCCCCCCc1ccc2c3c(c[nH]c13)C[C@H](CO)NC(=O)[C@@H](C(C)C)N2C. The molecule has 1 amide bonds. The fraction of sp³-hybridized carbons (Fsp3) is 0.640. The summed E-state index contributed by atoms with van der Waals surface area (Å²) in [6.07, 6.45) is 11.5. The van der Waals surface area contributed by atoms with E-state index in [9.17, 15) is 9.90 Å². The number of amides is 1. The maximum Gasteiger partial charge on any atom is 0.243 e. The second kappa shape index (κ2) is 10.3. The Morgan fingerprint density at radius 3 is 2.60 bits per heavy atom. The second-order valence-corrected chi connectivity index (χ2v) is 9.22. The van der Waals surface area contributed by atoms with Crippen molar-refractivity contribution in [3.63, 3.8) is 0 Å².